The van der Waals surface area contributed by atoms with Crippen molar-refractivity contribution in [2.75, 3.05) is 6.61 Å². The van der Waals surface area contributed by atoms with E-state index in [1.807, 2.05) is 23.9 Å². The highest BCUT2D eigenvalue weighted by Gasteiger charge is 2.29. The van der Waals surface area contributed by atoms with Crippen molar-refractivity contribution in [2.24, 2.45) is 7.05 Å². The molecule has 0 atom stereocenters. The van der Waals surface area contributed by atoms with Crippen molar-refractivity contribution in [3.63, 3.8) is 0 Å². The topological polar surface area (TPSA) is 57.0 Å². The van der Waals surface area contributed by atoms with Crippen LogP contribution in [0.4, 0.5) is 0 Å². The average molecular weight is 319 g/mol. The van der Waals surface area contributed by atoms with Gasteiger partial charge >= 0.3 is 5.97 Å². The van der Waals surface area contributed by atoms with Gasteiger partial charge in [0.15, 0.2) is 16.5 Å². The molecule has 5 nitrogen and oxygen atoms in total. The number of ether oxygens (including phenoxy) is 1. The molecule has 22 heavy (non-hydrogen) atoms. The Kier molecular flexibility index (Phi) is 4.57. The number of thiazole rings is 1. The van der Waals surface area contributed by atoms with Gasteiger partial charge in [-0.1, -0.05) is 19.3 Å². The molecule has 118 valence electrons. The largest absolute Gasteiger partial charge is 0.461 e. The second-order valence-electron chi connectivity index (χ2n) is 5.62. The summed E-state index contributed by atoms with van der Waals surface area (Å²) in [4.78, 5) is 21.2. The molecule has 1 aliphatic carbocycles. The molecule has 0 amide bonds. The van der Waals surface area contributed by atoms with E-state index in [9.17, 15) is 4.79 Å². The number of imidazole rings is 1. The molecule has 0 spiro atoms. The Bertz CT molecular complexity index is 643. The van der Waals surface area contributed by atoms with Gasteiger partial charge < -0.3 is 9.30 Å². The predicted molar refractivity (Wildman–Crippen MR) is 86.1 cm³/mol. The molecule has 0 saturated heterocycles. The molecule has 0 aliphatic heterocycles. The lowest BCUT2D eigenvalue weighted by Crippen LogP contribution is -2.15. The molecule has 0 bridgehead atoms. The zero-order valence-corrected chi connectivity index (χ0v) is 13.9. The van der Waals surface area contributed by atoms with E-state index in [1.54, 1.807) is 6.20 Å². The van der Waals surface area contributed by atoms with E-state index in [4.69, 9.17) is 4.74 Å². The first kappa shape index (κ1) is 15.2. The number of carbonyl (C=O) groups is 1. The average Bonchev–Trinajstić information content (AvgIpc) is 3.16. The Morgan fingerprint density at radius 1 is 1.41 bits per heavy atom. The monoisotopic (exact) mass is 319 g/mol. The summed E-state index contributed by atoms with van der Waals surface area (Å²) in [6, 6.07) is 0. The molecule has 0 aromatic carbocycles. The second-order valence-corrected chi connectivity index (χ2v) is 6.52. The van der Waals surface area contributed by atoms with Crippen molar-refractivity contribution < 1.29 is 9.53 Å². The van der Waals surface area contributed by atoms with Crippen LogP contribution in [0.2, 0.25) is 0 Å². The molecule has 1 saturated carbocycles. The van der Waals surface area contributed by atoms with Crippen LogP contribution in [0.1, 0.15) is 61.1 Å². The molecule has 3 rings (SSSR count). The van der Waals surface area contributed by atoms with Crippen LogP contribution in [-0.2, 0) is 11.8 Å². The Morgan fingerprint density at radius 2 is 2.18 bits per heavy atom. The summed E-state index contributed by atoms with van der Waals surface area (Å²) in [6.45, 7) is 2.19. The quantitative estimate of drug-likeness (QED) is 0.805. The summed E-state index contributed by atoms with van der Waals surface area (Å²) in [6.07, 6.45) is 7.70. The van der Waals surface area contributed by atoms with E-state index in [2.05, 4.69) is 9.97 Å². The molecule has 6 heteroatoms. The highest BCUT2D eigenvalue weighted by atomic mass is 32.1. The van der Waals surface area contributed by atoms with E-state index in [0.29, 0.717) is 18.2 Å². The van der Waals surface area contributed by atoms with Gasteiger partial charge in [0.05, 0.1) is 12.3 Å². The van der Waals surface area contributed by atoms with Crippen LogP contribution in [0.15, 0.2) is 11.6 Å². The van der Waals surface area contributed by atoms with E-state index in [0.717, 1.165) is 29.4 Å². The van der Waals surface area contributed by atoms with E-state index < -0.39 is 0 Å². The minimum absolute atomic E-state index is 0.318. The molecule has 1 fully saturated rings. The number of nitrogens with zero attached hydrogens (tertiary/aromatic N) is 3. The molecule has 0 N–H and O–H groups in total. The van der Waals surface area contributed by atoms with Gasteiger partial charge in [0.25, 0.3) is 0 Å². The summed E-state index contributed by atoms with van der Waals surface area (Å²) in [5, 5.41) is 2.77. The Hall–Kier alpha value is -1.69. The number of esters is 1. The van der Waals surface area contributed by atoms with Crippen molar-refractivity contribution in [3.8, 4) is 10.8 Å². The summed E-state index contributed by atoms with van der Waals surface area (Å²) in [7, 11) is 1.98. The van der Waals surface area contributed by atoms with Gasteiger partial charge in [-0.25, -0.2) is 14.8 Å². The zero-order valence-electron chi connectivity index (χ0n) is 13.0. The Morgan fingerprint density at radius 3 is 2.82 bits per heavy atom. The number of hydrogen-bond donors (Lipinski definition) is 0. The maximum Gasteiger partial charge on any atom is 0.358 e. The standard InChI is InChI=1S/C16H21N3O2S/c1-3-21-16(20)12-13(11-7-5-4-6-8-11)19(2)14(18-12)15-17-9-10-22-15/h9-11H,3-8H2,1-2H3. The van der Waals surface area contributed by atoms with Crippen LogP contribution in [0.3, 0.4) is 0 Å². The smallest absolute Gasteiger partial charge is 0.358 e. The van der Waals surface area contributed by atoms with Crippen molar-refractivity contribution in [1.29, 1.82) is 0 Å². The van der Waals surface area contributed by atoms with E-state index in [1.165, 1.54) is 30.6 Å². The van der Waals surface area contributed by atoms with Crippen molar-refractivity contribution in [2.45, 2.75) is 44.9 Å². The molecule has 2 aromatic rings. The SMILES string of the molecule is CCOC(=O)c1nc(-c2nccs2)n(C)c1C1CCCCC1. The van der Waals surface area contributed by atoms with Gasteiger partial charge in [-0.3, -0.25) is 0 Å². The van der Waals surface area contributed by atoms with Gasteiger partial charge in [0.2, 0.25) is 0 Å². The molecular weight excluding hydrogens is 298 g/mol. The lowest BCUT2D eigenvalue weighted by molar-refractivity contribution is 0.0517. The Labute approximate surface area is 134 Å². The number of rotatable bonds is 4. The number of aromatic nitrogens is 3. The van der Waals surface area contributed by atoms with Crippen molar-refractivity contribution in [3.05, 3.63) is 23.0 Å². The van der Waals surface area contributed by atoms with Gasteiger partial charge in [-0.15, -0.1) is 11.3 Å². The lowest BCUT2D eigenvalue weighted by atomic mass is 9.86. The first-order chi connectivity index (χ1) is 10.7. The van der Waals surface area contributed by atoms with Crippen LogP contribution in [-0.4, -0.2) is 27.1 Å². The minimum Gasteiger partial charge on any atom is -0.461 e. The molecule has 1 aliphatic rings. The molecular formula is C16H21N3O2S. The fourth-order valence-corrected chi connectivity index (χ4v) is 3.89. The fraction of sp³-hybridized carbons (Fsp3) is 0.562. The predicted octanol–water partition coefficient (Wildman–Crippen LogP) is 3.77. The van der Waals surface area contributed by atoms with Gasteiger partial charge in [0, 0.05) is 24.5 Å². The Balaban J connectivity index is 2.06. The van der Waals surface area contributed by atoms with E-state index >= 15 is 0 Å². The summed E-state index contributed by atoms with van der Waals surface area (Å²) >= 11 is 1.54. The molecule has 2 heterocycles. The van der Waals surface area contributed by atoms with Gasteiger partial charge in [-0.2, -0.15) is 0 Å². The number of carbonyl (C=O) groups excluding carboxylic acids is 1. The van der Waals surface area contributed by atoms with Crippen LogP contribution in [0.5, 0.6) is 0 Å². The van der Waals surface area contributed by atoms with Crippen LogP contribution in [0.25, 0.3) is 10.8 Å². The molecule has 2 aromatic heterocycles. The summed E-state index contributed by atoms with van der Waals surface area (Å²) in [5.41, 5.74) is 1.49. The lowest BCUT2D eigenvalue weighted by Gasteiger charge is -2.23. The van der Waals surface area contributed by atoms with Crippen LogP contribution < -0.4 is 0 Å². The third-order valence-corrected chi connectivity index (χ3v) is 4.99. The first-order valence-electron chi connectivity index (χ1n) is 7.86. The van der Waals surface area contributed by atoms with Crippen LogP contribution in [0, 0.1) is 0 Å². The third-order valence-electron chi connectivity index (χ3n) is 4.22. The second kappa shape index (κ2) is 6.60. The normalized spacial score (nSPS) is 15.9. The third kappa shape index (κ3) is 2.79. The van der Waals surface area contributed by atoms with Crippen molar-refractivity contribution in [1.82, 2.24) is 14.5 Å². The first-order valence-corrected chi connectivity index (χ1v) is 8.74. The van der Waals surface area contributed by atoms with Crippen LogP contribution >= 0.6 is 11.3 Å². The van der Waals surface area contributed by atoms with Crippen molar-refractivity contribution >= 4 is 17.3 Å². The maximum atomic E-state index is 12.3. The minimum atomic E-state index is -0.318. The molecule has 0 unspecified atom stereocenters. The summed E-state index contributed by atoms with van der Waals surface area (Å²) < 4.78 is 7.26. The summed E-state index contributed by atoms with van der Waals surface area (Å²) in [5.74, 6) is 0.833. The highest BCUT2D eigenvalue weighted by Crippen LogP contribution is 2.36. The van der Waals surface area contributed by atoms with E-state index in [-0.39, 0.29) is 5.97 Å². The molecule has 0 radical (unpaired) electrons. The van der Waals surface area contributed by atoms with Gasteiger partial charge in [0.1, 0.15) is 0 Å². The zero-order chi connectivity index (χ0) is 15.5. The fourth-order valence-electron chi connectivity index (χ4n) is 3.23. The number of hydrogen-bond acceptors (Lipinski definition) is 5. The highest BCUT2D eigenvalue weighted by molar-refractivity contribution is 7.13. The van der Waals surface area contributed by atoms with Gasteiger partial charge in [-0.05, 0) is 19.8 Å². The maximum absolute atomic E-state index is 12.3.